The lowest BCUT2D eigenvalue weighted by molar-refractivity contribution is -0.136. The topological polar surface area (TPSA) is 136 Å². The summed E-state index contributed by atoms with van der Waals surface area (Å²) in [7, 11) is 0. The van der Waals surface area contributed by atoms with E-state index in [9.17, 15) is 28.2 Å². The molecule has 8 nitrogen and oxygen atoms in total. The molecule has 3 aromatic rings. The molecule has 1 aromatic carbocycles. The Labute approximate surface area is 202 Å². The molecular formula is C23H22F3N5O3S. The molecule has 0 bridgehead atoms. The van der Waals surface area contributed by atoms with Crippen molar-refractivity contribution < 1.29 is 28.2 Å². The summed E-state index contributed by atoms with van der Waals surface area (Å²) in [4.78, 5) is 17.0. The van der Waals surface area contributed by atoms with Crippen LogP contribution < -0.4 is 16.0 Å². The van der Waals surface area contributed by atoms with Crippen molar-refractivity contribution in [3.05, 3.63) is 51.9 Å². The third kappa shape index (κ3) is 5.17. The Balaban J connectivity index is 1.45. The average molecular weight is 506 g/mol. The molecule has 12 heteroatoms. The van der Waals surface area contributed by atoms with Crippen LogP contribution in [0.3, 0.4) is 0 Å². The fraction of sp³-hybridized carbons (Fsp3) is 0.348. The van der Waals surface area contributed by atoms with Gasteiger partial charge in [0.15, 0.2) is 0 Å². The number of carboxylic acids is 1. The van der Waals surface area contributed by atoms with E-state index in [4.69, 9.17) is 11.0 Å². The Morgan fingerprint density at radius 1 is 1.31 bits per heavy atom. The predicted molar refractivity (Wildman–Crippen MR) is 125 cm³/mol. The van der Waals surface area contributed by atoms with Crippen molar-refractivity contribution in [3.63, 3.8) is 0 Å². The highest BCUT2D eigenvalue weighted by molar-refractivity contribution is 7.21. The van der Waals surface area contributed by atoms with Crippen LogP contribution in [-0.4, -0.2) is 46.8 Å². The molecule has 0 radical (unpaired) electrons. The summed E-state index contributed by atoms with van der Waals surface area (Å²) in [6, 6.07) is 9.67. The summed E-state index contributed by atoms with van der Waals surface area (Å²) < 4.78 is 41.3. The van der Waals surface area contributed by atoms with Crippen LogP contribution in [-0.2, 0) is 6.18 Å². The Hall–Kier alpha value is -3.40. The number of anilines is 2. The lowest BCUT2D eigenvalue weighted by atomic mass is 10.0. The first kappa shape index (κ1) is 24.7. The number of aliphatic hydroxyl groups is 1. The monoisotopic (exact) mass is 505 g/mol. The Kier molecular flexibility index (Phi) is 6.84. The van der Waals surface area contributed by atoms with Crippen LogP contribution in [0.1, 0.15) is 45.3 Å². The van der Waals surface area contributed by atoms with Gasteiger partial charge in [0.25, 0.3) is 0 Å². The smallest absolute Gasteiger partial charge is 0.417 e. The highest BCUT2D eigenvalue weighted by Gasteiger charge is 2.37. The van der Waals surface area contributed by atoms with Crippen molar-refractivity contribution in [1.29, 1.82) is 5.26 Å². The number of nitrogen functional groups attached to an aromatic ring is 1. The van der Waals surface area contributed by atoms with E-state index >= 15 is 0 Å². The summed E-state index contributed by atoms with van der Waals surface area (Å²) in [5.74, 6) is -1.27. The number of hydrogen-bond acceptors (Lipinski definition) is 8. The highest BCUT2D eigenvalue weighted by Crippen LogP contribution is 2.43. The summed E-state index contributed by atoms with van der Waals surface area (Å²) >= 11 is 0.632. The van der Waals surface area contributed by atoms with Crippen LogP contribution in [0.4, 0.5) is 24.7 Å². The van der Waals surface area contributed by atoms with Gasteiger partial charge in [0.1, 0.15) is 15.5 Å². The summed E-state index contributed by atoms with van der Waals surface area (Å²) in [6.45, 7) is 1.17. The number of nitrogens with one attached hydrogen (secondary N) is 1. The molecule has 2 aromatic heterocycles. The van der Waals surface area contributed by atoms with Crippen molar-refractivity contribution in [3.8, 4) is 6.07 Å². The Bertz CT molecular complexity index is 1280. The lowest BCUT2D eigenvalue weighted by Gasteiger charge is -2.34. The van der Waals surface area contributed by atoms with Crippen molar-refractivity contribution in [2.45, 2.75) is 31.2 Å². The molecule has 35 heavy (non-hydrogen) atoms. The molecule has 0 amide bonds. The van der Waals surface area contributed by atoms with Gasteiger partial charge in [-0.2, -0.15) is 18.4 Å². The number of nitriles is 1. The van der Waals surface area contributed by atoms with Crippen LogP contribution in [0.5, 0.6) is 0 Å². The summed E-state index contributed by atoms with van der Waals surface area (Å²) in [5.41, 5.74) is 5.50. The van der Waals surface area contributed by atoms with E-state index in [1.54, 1.807) is 29.2 Å². The number of hydrogen-bond donors (Lipinski definition) is 4. The van der Waals surface area contributed by atoms with Gasteiger partial charge in [-0.05, 0) is 36.6 Å². The molecule has 1 atom stereocenters. The predicted octanol–water partition coefficient (Wildman–Crippen LogP) is 3.76. The minimum absolute atomic E-state index is 0.0566. The lowest BCUT2D eigenvalue weighted by Crippen LogP contribution is -2.44. The zero-order valence-electron chi connectivity index (χ0n) is 18.3. The Morgan fingerprint density at radius 3 is 2.54 bits per heavy atom. The molecule has 1 aliphatic heterocycles. The maximum atomic E-state index is 13.8. The SMILES string of the molecule is N#Cc1ccc(C(O)CNC2CCN(c3cc(C(F)(F)F)c4c(N)c(C(=O)O)sc4n3)CC2)cc1. The second kappa shape index (κ2) is 9.69. The number of alkyl halides is 3. The number of nitrogens with zero attached hydrogens (tertiary/aromatic N) is 3. The third-order valence-electron chi connectivity index (χ3n) is 6.03. The van der Waals surface area contributed by atoms with E-state index in [-0.39, 0.29) is 27.0 Å². The maximum Gasteiger partial charge on any atom is 0.417 e. The average Bonchev–Trinajstić information content (AvgIpc) is 3.18. The molecule has 1 fully saturated rings. The highest BCUT2D eigenvalue weighted by atomic mass is 32.1. The fourth-order valence-corrected chi connectivity index (χ4v) is 5.09. The number of pyridine rings is 1. The number of nitrogens with two attached hydrogens (primary N) is 1. The van der Waals surface area contributed by atoms with E-state index in [1.807, 2.05) is 6.07 Å². The van der Waals surface area contributed by atoms with Gasteiger partial charge < -0.3 is 26.2 Å². The number of aromatic carboxylic acids is 1. The molecule has 1 unspecified atom stereocenters. The van der Waals surface area contributed by atoms with Crippen LogP contribution in [0.2, 0.25) is 0 Å². The first-order chi connectivity index (χ1) is 16.6. The molecule has 4 rings (SSSR count). The van der Waals surface area contributed by atoms with Crippen molar-refractivity contribution in [1.82, 2.24) is 10.3 Å². The van der Waals surface area contributed by atoms with Crippen molar-refractivity contribution >= 4 is 39.0 Å². The van der Waals surface area contributed by atoms with Gasteiger partial charge in [0.05, 0.1) is 29.0 Å². The van der Waals surface area contributed by atoms with Crippen LogP contribution in [0.15, 0.2) is 30.3 Å². The number of carboxylic acid groups (broad SMARTS) is 1. The van der Waals surface area contributed by atoms with E-state index < -0.39 is 29.5 Å². The number of thiophene rings is 1. The van der Waals surface area contributed by atoms with Crippen LogP contribution in [0.25, 0.3) is 10.2 Å². The first-order valence-electron chi connectivity index (χ1n) is 10.8. The standard InChI is InChI=1S/C23H22F3N5O3S/c24-23(25,26)15-9-17(30-21-18(15)19(28)20(35-21)22(33)34)31-7-5-14(6-8-31)29-11-16(32)13-3-1-12(10-27)2-4-13/h1-4,9,14,16,29,32H,5-8,11,28H2,(H,33,34). The van der Waals surface area contributed by atoms with Gasteiger partial charge in [0, 0.05) is 31.1 Å². The number of benzene rings is 1. The zero-order valence-corrected chi connectivity index (χ0v) is 19.2. The van der Waals surface area contributed by atoms with Crippen LogP contribution in [0, 0.1) is 11.3 Å². The number of rotatable bonds is 6. The van der Waals surface area contributed by atoms with E-state index in [2.05, 4.69) is 10.3 Å². The molecule has 5 N–H and O–H groups in total. The Morgan fingerprint density at radius 2 is 1.97 bits per heavy atom. The van der Waals surface area contributed by atoms with Gasteiger partial charge in [-0.25, -0.2) is 9.78 Å². The first-order valence-corrected chi connectivity index (χ1v) is 11.6. The normalized spacial score (nSPS) is 15.8. The number of carbonyl (C=O) groups is 1. The van der Waals surface area contributed by atoms with Gasteiger partial charge in [-0.15, -0.1) is 11.3 Å². The summed E-state index contributed by atoms with van der Waals surface area (Å²) in [5, 5.41) is 31.4. The number of fused-ring (bicyclic) bond motifs is 1. The number of aliphatic hydroxyl groups excluding tert-OH is 1. The number of piperidine rings is 1. The van der Waals surface area contributed by atoms with E-state index in [1.165, 1.54) is 0 Å². The minimum Gasteiger partial charge on any atom is -0.477 e. The minimum atomic E-state index is -4.72. The third-order valence-corrected chi connectivity index (χ3v) is 7.12. The molecule has 0 aliphatic carbocycles. The van der Waals surface area contributed by atoms with Crippen LogP contribution >= 0.6 is 11.3 Å². The van der Waals surface area contributed by atoms with Gasteiger partial charge in [0.2, 0.25) is 0 Å². The number of halogens is 3. The van der Waals surface area contributed by atoms with Gasteiger partial charge in [-0.3, -0.25) is 0 Å². The zero-order chi connectivity index (χ0) is 25.3. The fourth-order valence-electron chi connectivity index (χ4n) is 4.14. The van der Waals surface area contributed by atoms with E-state index in [0.717, 1.165) is 6.07 Å². The largest absolute Gasteiger partial charge is 0.477 e. The second-order valence-electron chi connectivity index (χ2n) is 8.28. The molecule has 0 spiro atoms. The quantitative estimate of drug-likeness (QED) is 0.398. The van der Waals surface area contributed by atoms with Gasteiger partial charge in [-0.1, -0.05) is 12.1 Å². The van der Waals surface area contributed by atoms with E-state index in [0.29, 0.717) is 54.9 Å². The molecule has 1 aliphatic rings. The molecule has 184 valence electrons. The van der Waals surface area contributed by atoms with Crippen molar-refractivity contribution in [2.75, 3.05) is 30.3 Å². The molecule has 1 saturated heterocycles. The molecule has 3 heterocycles. The number of aromatic nitrogens is 1. The maximum absolute atomic E-state index is 13.8. The second-order valence-corrected chi connectivity index (χ2v) is 9.27. The van der Waals surface area contributed by atoms with Crippen molar-refractivity contribution in [2.24, 2.45) is 0 Å². The molecule has 0 saturated carbocycles. The summed E-state index contributed by atoms with van der Waals surface area (Å²) in [6.07, 6.45) is -4.24. The van der Waals surface area contributed by atoms with Gasteiger partial charge >= 0.3 is 12.1 Å². The molecular weight excluding hydrogens is 483 g/mol.